The second kappa shape index (κ2) is 5.47. The normalized spacial score (nSPS) is 12.1. The summed E-state index contributed by atoms with van der Waals surface area (Å²) in [6.07, 6.45) is -1.27. The van der Waals surface area contributed by atoms with Crippen LogP contribution >= 0.6 is 0 Å². The summed E-state index contributed by atoms with van der Waals surface area (Å²) in [5.41, 5.74) is 2.48. The molecule has 0 amide bonds. The predicted molar refractivity (Wildman–Crippen MR) is 69.1 cm³/mol. The van der Waals surface area contributed by atoms with E-state index in [2.05, 4.69) is 0 Å². The molecule has 0 aliphatic rings. The quantitative estimate of drug-likeness (QED) is 0.866. The summed E-state index contributed by atoms with van der Waals surface area (Å²) in [5.74, 6) is -1.01. The Bertz CT molecular complexity index is 534. The van der Waals surface area contributed by atoms with Crippen LogP contribution in [0.3, 0.4) is 0 Å². The first kappa shape index (κ1) is 12.3. The van der Waals surface area contributed by atoms with Crippen molar-refractivity contribution in [1.82, 2.24) is 0 Å². The molecule has 3 nitrogen and oxygen atoms in total. The summed E-state index contributed by atoms with van der Waals surface area (Å²) in [7, 11) is 0. The molecular formula is C15H14O3. The Morgan fingerprint density at radius 3 is 2.28 bits per heavy atom. The summed E-state index contributed by atoms with van der Waals surface area (Å²) in [5, 5.41) is 18.7. The van der Waals surface area contributed by atoms with Crippen molar-refractivity contribution >= 4 is 5.97 Å². The Morgan fingerprint density at radius 1 is 1.00 bits per heavy atom. The molecule has 92 valence electrons. The van der Waals surface area contributed by atoms with Crippen LogP contribution in [-0.4, -0.2) is 16.2 Å². The summed E-state index contributed by atoms with van der Waals surface area (Å²) in [4.78, 5) is 10.7. The predicted octanol–water partition coefficient (Wildman–Crippen LogP) is 2.86. The van der Waals surface area contributed by atoms with Crippen LogP contribution in [-0.2, 0) is 4.79 Å². The van der Waals surface area contributed by atoms with Crippen LogP contribution in [0.1, 0.15) is 18.1 Å². The molecule has 1 atom stereocenters. The summed E-state index contributed by atoms with van der Waals surface area (Å²) in [6.45, 7) is 0. The van der Waals surface area contributed by atoms with Crippen molar-refractivity contribution in [2.24, 2.45) is 0 Å². The van der Waals surface area contributed by atoms with Crippen LogP contribution < -0.4 is 0 Å². The van der Waals surface area contributed by atoms with Gasteiger partial charge in [0, 0.05) is 0 Å². The number of rotatable bonds is 4. The minimum Gasteiger partial charge on any atom is -0.481 e. The van der Waals surface area contributed by atoms with E-state index in [0.29, 0.717) is 5.56 Å². The van der Waals surface area contributed by atoms with Crippen molar-refractivity contribution in [3.05, 3.63) is 60.2 Å². The number of carbonyl (C=O) groups is 1. The van der Waals surface area contributed by atoms with Gasteiger partial charge in [0.1, 0.15) is 0 Å². The Hall–Kier alpha value is -2.13. The van der Waals surface area contributed by atoms with E-state index in [0.717, 1.165) is 11.1 Å². The molecular weight excluding hydrogens is 228 g/mol. The highest BCUT2D eigenvalue weighted by atomic mass is 16.4. The minimum absolute atomic E-state index is 0.288. The molecule has 3 heteroatoms. The van der Waals surface area contributed by atoms with Crippen LogP contribution in [0.4, 0.5) is 0 Å². The Kier molecular flexibility index (Phi) is 3.75. The lowest BCUT2D eigenvalue weighted by atomic mass is 9.95. The number of aliphatic hydroxyl groups excluding tert-OH is 1. The minimum atomic E-state index is -1.01. The van der Waals surface area contributed by atoms with E-state index in [1.165, 1.54) is 0 Å². The van der Waals surface area contributed by atoms with Gasteiger partial charge in [0.05, 0.1) is 12.5 Å². The van der Waals surface area contributed by atoms with Gasteiger partial charge >= 0.3 is 5.97 Å². The second-order valence-electron chi connectivity index (χ2n) is 4.07. The zero-order valence-electron chi connectivity index (χ0n) is 9.78. The maximum absolute atomic E-state index is 10.7. The van der Waals surface area contributed by atoms with Crippen molar-refractivity contribution in [3.63, 3.8) is 0 Å². The highest BCUT2D eigenvalue weighted by molar-refractivity contribution is 5.71. The molecule has 0 spiro atoms. The highest BCUT2D eigenvalue weighted by Gasteiger charge is 2.15. The number of hydrogen-bond donors (Lipinski definition) is 2. The molecule has 0 fully saturated rings. The molecule has 0 heterocycles. The van der Waals surface area contributed by atoms with Gasteiger partial charge in [-0.3, -0.25) is 4.79 Å². The summed E-state index contributed by atoms with van der Waals surface area (Å²) >= 11 is 0. The molecule has 0 aliphatic heterocycles. The van der Waals surface area contributed by atoms with Gasteiger partial charge < -0.3 is 10.2 Å². The van der Waals surface area contributed by atoms with Gasteiger partial charge in [-0.15, -0.1) is 0 Å². The largest absolute Gasteiger partial charge is 0.481 e. The smallest absolute Gasteiger partial charge is 0.306 e. The second-order valence-corrected chi connectivity index (χ2v) is 4.07. The average molecular weight is 242 g/mol. The number of carboxylic acid groups (broad SMARTS) is 1. The van der Waals surface area contributed by atoms with Crippen LogP contribution in [0.25, 0.3) is 11.1 Å². The zero-order chi connectivity index (χ0) is 13.0. The lowest BCUT2D eigenvalue weighted by molar-refractivity contribution is -0.139. The van der Waals surface area contributed by atoms with Crippen molar-refractivity contribution < 1.29 is 15.0 Å². The van der Waals surface area contributed by atoms with Crippen LogP contribution in [0.2, 0.25) is 0 Å². The van der Waals surface area contributed by atoms with E-state index in [4.69, 9.17) is 5.11 Å². The first-order chi connectivity index (χ1) is 8.68. The molecule has 0 radical (unpaired) electrons. The highest BCUT2D eigenvalue weighted by Crippen LogP contribution is 2.29. The zero-order valence-corrected chi connectivity index (χ0v) is 9.78. The van der Waals surface area contributed by atoms with E-state index in [-0.39, 0.29) is 6.42 Å². The first-order valence-corrected chi connectivity index (χ1v) is 5.72. The molecule has 0 aromatic heterocycles. The fraction of sp³-hybridized carbons (Fsp3) is 0.133. The lowest BCUT2D eigenvalue weighted by Gasteiger charge is -2.14. The molecule has 2 aromatic rings. The topological polar surface area (TPSA) is 57.5 Å². The van der Waals surface area contributed by atoms with Crippen molar-refractivity contribution in [3.8, 4) is 11.1 Å². The number of aliphatic hydroxyl groups is 1. The Labute approximate surface area is 105 Å². The van der Waals surface area contributed by atoms with Gasteiger partial charge in [-0.1, -0.05) is 54.6 Å². The molecule has 2 N–H and O–H groups in total. The SMILES string of the molecule is O=C(O)CC(O)c1ccccc1-c1ccccc1. The van der Waals surface area contributed by atoms with Gasteiger partial charge in [-0.05, 0) is 16.7 Å². The summed E-state index contributed by atoms with van der Waals surface area (Å²) < 4.78 is 0. The van der Waals surface area contributed by atoms with E-state index in [1.54, 1.807) is 12.1 Å². The van der Waals surface area contributed by atoms with Gasteiger partial charge in [-0.2, -0.15) is 0 Å². The molecule has 0 bridgehead atoms. The van der Waals surface area contributed by atoms with E-state index in [9.17, 15) is 9.90 Å². The third kappa shape index (κ3) is 2.76. The van der Waals surface area contributed by atoms with Crippen LogP contribution in [0.5, 0.6) is 0 Å². The molecule has 18 heavy (non-hydrogen) atoms. The van der Waals surface area contributed by atoms with Crippen LogP contribution in [0, 0.1) is 0 Å². The van der Waals surface area contributed by atoms with Gasteiger partial charge in [0.2, 0.25) is 0 Å². The number of aliphatic carboxylic acids is 1. The van der Waals surface area contributed by atoms with Gasteiger partial charge in [0.25, 0.3) is 0 Å². The average Bonchev–Trinajstić information content (AvgIpc) is 2.39. The molecule has 1 unspecified atom stereocenters. The number of hydrogen-bond acceptors (Lipinski definition) is 2. The Balaban J connectivity index is 2.40. The fourth-order valence-corrected chi connectivity index (χ4v) is 1.94. The molecule has 0 aliphatic carbocycles. The Morgan fingerprint density at radius 2 is 1.61 bits per heavy atom. The van der Waals surface area contributed by atoms with Crippen molar-refractivity contribution in [2.75, 3.05) is 0 Å². The molecule has 2 aromatic carbocycles. The van der Waals surface area contributed by atoms with Gasteiger partial charge in [0.15, 0.2) is 0 Å². The van der Waals surface area contributed by atoms with Crippen molar-refractivity contribution in [1.29, 1.82) is 0 Å². The standard InChI is InChI=1S/C15H14O3/c16-14(10-15(17)18)13-9-5-4-8-12(13)11-6-2-1-3-7-11/h1-9,14,16H,10H2,(H,17,18). The maximum atomic E-state index is 10.7. The molecule has 0 saturated heterocycles. The monoisotopic (exact) mass is 242 g/mol. The van der Waals surface area contributed by atoms with E-state index < -0.39 is 12.1 Å². The number of carboxylic acids is 1. The van der Waals surface area contributed by atoms with Crippen molar-refractivity contribution in [2.45, 2.75) is 12.5 Å². The maximum Gasteiger partial charge on any atom is 0.306 e. The van der Waals surface area contributed by atoms with Gasteiger partial charge in [-0.25, -0.2) is 0 Å². The van der Waals surface area contributed by atoms with E-state index >= 15 is 0 Å². The van der Waals surface area contributed by atoms with Crippen LogP contribution in [0.15, 0.2) is 54.6 Å². The lowest BCUT2D eigenvalue weighted by Crippen LogP contribution is -2.06. The fourth-order valence-electron chi connectivity index (χ4n) is 1.94. The molecule has 2 rings (SSSR count). The third-order valence-corrected chi connectivity index (χ3v) is 2.77. The third-order valence-electron chi connectivity index (χ3n) is 2.77. The molecule has 0 saturated carbocycles. The van der Waals surface area contributed by atoms with E-state index in [1.807, 2.05) is 42.5 Å². The summed E-state index contributed by atoms with van der Waals surface area (Å²) in [6, 6.07) is 16.9. The first-order valence-electron chi connectivity index (χ1n) is 5.72. The number of benzene rings is 2.